The molecule has 0 bridgehead atoms. The summed E-state index contributed by atoms with van der Waals surface area (Å²) in [5, 5.41) is 9.26. The van der Waals surface area contributed by atoms with Gasteiger partial charge in [0.1, 0.15) is 5.82 Å². The van der Waals surface area contributed by atoms with Crippen LogP contribution in [0.5, 0.6) is 0 Å². The lowest BCUT2D eigenvalue weighted by Gasteiger charge is -2.17. The number of urea groups is 1. The monoisotopic (exact) mass is 383 g/mol. The topological polar surface area (TPSA) is 68.8 Å². The Hall–Kier alpha value is -3.09. The second-order valence-electron chi connectivity index (χ2n) is 6.70. The van der Waals surface area contributed by atoms with E-state index in [1.54, 1.807) is 25.2 Å². The van der Waals surface area contributed by atoms with Crippen molar-refractivity contribution in [3.63, 3.8) is 0 Å². The van der Waals surface area contributed by atoms with Crippen molar-refractivity contribution < 1.29 is 9.18 Å². The summed E-state index contributed by atoms with van der Waals surface area (Å²) in [4.78, 5) is 18.2. The molecule has 0 aliphatic carbocycles. The Morgan fingerprint density at radius 1 is 1.07 bits per heavy atom. The molecule has 0 spiro atoms. The van der Waals surface area contributed by atoms with E-state index in [4.69, 9.17) is 0 Å². The highest BCUT2D eigenvalue weighted by atomic mass is 19.1. The number of rotatable bonds is 5. The Morgan fingerprint density at radius 2 is 1.82 bits per heavy atom. The van der Waals surface area contributed by atoms with Crippen LogP contribution < -0.4 is 16.0 Å². The fraction of sp³-hybridized carbons (Fsp3) is 0.333. The molecule has 0 unspecified atom stereocenters. The number of carbonyl (C=O) groups is 1. The first-order valence-electron chi connectivity index (χ1n) is 9.48. The lowest BCUT2D eigenvalue weighted by atomic mass is 10.2. The van der Waals surface area contributed by atoms with Crippen LogP contribution in [0.25, 0.3) is 0 Å². The molecule has 0 radical (unpaired) electrons. The van der Waals surface area contributed by atoms with Crippen LogP contribution in [0.2, 0.25) is 0 Å². The van der Waals surface area contributed by atoms with Crippen molar-refractivity contribution >= 4 is 17.7 Å². The van der Waals surface area contributed by atoms with E-state index in [2.05, 4.69) is 20.9 Å². The first-order valence-corrected chi connectivity index (χ1v) is 9.48. The maximum absolute atomic E-state index is 13.7. The van der Waals surface area contributed by atoms with Gasteiger partial charge < -0.3 is 20.9 Å². The van der Waals surface area contributed by atoms with Crippen LogP contribution in [0, 0.1) is 5.82 Å². The molecule has 28 heavy (non-hydrogen) atoms. The van der Waals surface area contributed by atoms with E-state index in [1.807, 2.05) is 29.2 Å². The minimum absolute atomic E-state index is 0.0510. The van der Waals surface area contributed by atoms with Crippen LogP contribution in [0.4, 0.5) is 14.9 Å². The summed E-state index contributed by atoms with van der Waals surface area (Å²) in [7, 11) is 1.67. The lowest BCUT2D eigenvalue weighted by Crippen LogP contribution is -2.36. The number of nitrogens with zero attached hydrogens (tertiary/aromatic N) is 2. The predicted molar refractivity (Wildman–Crippen MR) is 110 cm³/mol. The van der Waals surface area contributed by atoms with Crippen LogP contribution >= 0.6 is 0 Å². The number of likely N-dealkylation sites (tertiary alicyclic amines) is 1. The number of hydrogen-bond acceptors (Lipinski definition) is 2. The molecule has 0 aromatic heterocycles. The number of guanidine groups is 1. The van der Waals surface area contributed by atoms with Crippen molar-refractivity contribution in [1.82, 2.24) is 15.5 Å². The number of hydrogen-bond donors (Lipinski definition) is 3. The predicted octanol–water partition coefficient (Wildman–Crippen LogP) is 3.32. The number of carbonyl (C=O) groups excluding carboxylic acids is 1. The van der Waals surface area contributed by atoms with Gasteiger partial charge in [-0.2, -0.15) is 0 Å². The van der Waals surface area contributed by atoms with Gasteiger partial charge in [-0.05, 0) is 36.6 Å². The number of benzene rings is 2. The molecule has 148 valence electrons. The zero-order valence-electron chi connectivity index (χ0n) is 16.0. The summed E-state index contributed by atoms with van der Waals surface area (Å²) < 4.78 is 13.7. The normalized spacial score (nSPS) is 14.1. The van der Waals surface area contributed by atoms with E-state index in [0.29, 0.717) is 24.6 Å². The summed E-state index contributed by atoms with van der Waals surface area (Å²) in [6, 6.07) is 14.3. The van der Waals surface area contributed by atoms with Gasteiger partial charge in [0, 0.05) is 44.5 Å². The van der Waals surface area contributed by atoms with Crippen LogP contribution in [0.1, 0.15) is 24.0 Å². The number of aliphatic imine (C=N–C) groups is 1. The molecule has 3 N–H and O–H groups in total. The van der Waals surface area contributed by atoms with E-state index in [0.717, 1.165) is 37.2 Å². The summed E-state index contributed by atoms with van der Waals surface area (Å²) in [6.45, 7) is 2.51. The molecule has 1 saturated heterocycles. The Labute approximate surface area is 164 Å². The third kappa shape index (κ3) is 5.45. The fourth-order valence-electron chi connectivity index (χ4n) is 3.11. The quantitative estimate of drug-likeness (QED) is 0.548. The summed E-state index contributed by atoms with van der Waals surface area (Å²) in [6.07, 6.45) is 2.13. The molecule has 1 heterocycles. The molecule has 2 aromatic carbocycles. The first-order chi connectivity index (χ1) is 13.7. The summed E-state index contributed by atoms with van der Waals surface area (Å²) in [5.74, 6) is 0.335. The Balaban J connectivity index is 1.51. The maximum atomic E-state index is 13.7. The van der Waals surface area contributed by atoms with Gasteiger partial charge >= 0.3 is 6.03 Å². The zero-order valence-corrected chi connectivity index (χ0v) is 16.0. The standard InChI is InChI=1S/C21H26FN5O/c1-23-20(25-15-17-8-2-3-10-19(17)22)24-14-16-7-6-9-18(13-16)26-21(28)27-11-4-5-12-27/h2-3,6-10,13H,4-5,11-12,14-15H2,1H3,(H,26,28)(H2,23,24,25). The van der Waals surface area contributed by atoms with Gasteiger partial charge in [-0.3, -0.25) is 4.99 Å². The van der Waals surface area contributed by atoms with Crippen LogP contribution in [0.3, 0.4) is 0 Å². The van der Waals surface area contributed by atoms with Crippen molar-refractivity contribution in [2.75, 3.05) is 25.5 Å². The van der Waals surface area contributed by atoms with Gasteiger partial charge in [-0.25, -0.2) is 9.18 Å². The third-order valence-electron chi connectivity index (χ3n) is 4.66. The van der Waals surface area contributed by atoms with Crippen molar-refractivity contribution in [3.05, 3.63) is 65.5 Å². The van der Waals surface area contributed by atoms with Crippen LogP contribution in [-0.2, 0) is 13.1 Å². The average Bonchev–Trinajstić information content (AvgIpc) is 3.25. The molecular formula is C21H26FN5O. The minimum Gasteiger partial charge on any atom is -0.352 e. The molecule has 1 aliphatic heterocycles. The SMILES string of the molecule is CN=C(NCc1cccc(NC(=O)N2CCCC2)c1)NCc1ccccc1F. The second-order valence-corrected chi connectivity index (χ2v) is 6.70. The highest BCUT2D eigenvalue weighted by Gasteiger charge is 2.17. The van der Waals surface area contributed by atoms with Crippen molar-refractivity contribution in [2.45, 2.75) is 25.9 Å². The molecule has 2 aromatic rings. The van der Waals surface area contributed by atoms with Gasteiger partial charge in [0.05, 0.1) is 0 Å². The molecule has 2 amide bonds. The Kier molecular flexibility index (Phi) is 6.84. The van der Waals surface area contributed by atoms with Crippen molar-refractivity contribution in [1.29, 1.82) is 0 Å². The smallest absolute Gasteiger partial charge is 0.321 e. The number of nitrogens with one attached hydrogen (secondary N) is 3. The minimum atomic E-state index is -0.244. The molecule has 0 atom stereocenters. The van der Waals surface area contributed by atoms with Gasteiger partial charge in [0.15, 0.2) is 5.96 Å². The maximum Gasteiger partial charge on any atom is 0.321 e. The molecule has 3 rings (SSSR count). The Morgan fingerprint density at radius 3 is 2.57 bits per heavy atom. The van der Waals surface area contributed by atoms with Gasteiger partial charge in [0.25, 0.3) is 0 Å². The first kappa shape index (κ1) is 19.7. The Bertz CT molecular complexity index is 833. The van der Waals surface area contributed by atoms with Gasteiger partial charge in [-0.1, -0.05) is 30.3 Å². The van der Waals surface area contributed by atoms with Crippen LogP contribution in [0.15, 0.2) is 53.5 Å². The summed E-state index contributed by atoms with van der Waals surface area (Å²) in [5.41, 5.74) is 2.36. The largest absolute Gasteiger partial charge is 0.352 e. The van der Waals surface area contributed by atoms with E-state index < -0.39 is 0 Å². The molecular weight excluding hydrogens is 357 g/mol. The fourth-order valence-corrected chi connectivity index (χ4v) is 3.11. The highest BCUT2D eigenvalue weighted by molar-refractivity contribution is 5.89. The van der Waals surface area contributed by atoms with Crippen LogP contribution in [-0.4, -0.2) is 37.0 Å². The molecule has 1 aliphatic rings. The molecule has 1 fully saturated rings. The summed E-state index contributed by atoms with van der Waals surface area (Å²) >= 11 is 0. The number of anilines is 1. The van der Waals surface area contributed by atoms with Crippen molar-refractivity contribution in [3.8, 4) is 0 Å². The number of halogens is 1. The third-order valence-corrected chi connectivity index (χ3v) is 4.66. The van der Waals surface area contributed by atoms with Gasteiger partial charge in [0.2, 0.25) is 0 Å². The molecule has 6 nitrogen and oxygen atoms in total. The van der Waals surface area contributed by atoms with E-state index in [-0.39, 0.29) is 11.8 Å². The zero-order chi connectivity index (χ0) is 19.8. The van der Waals surface area contributed by atoms with E-state index in [9.17, 15) is 9.18 Å². The van der Waals surface area contributed by atoms with E-state index in [1.165, 1.54) is 6.07 Å². The highest BCUT2D eigenvalue weighted by Crippen LogP contribution is 2.14. The second kappa shape index (κ2) is 9.73. The molecule has 7 heteroatoms. The van der Waals surface area contributed by atoms with Crippen molar-refractivity contribution in [2.24, 2.45) is 4.99 Å². The van der Waals surface area contributed by atoms with E-state index >= 15 is 0 Å². The number of amides is 2. The lowest BCUT2D eigenvalue weighted by molar-refractivity contribution is 0.222. The van der Waals surface area contributed by atoms with Gasteiger partial charge in [-0.15, -0.1) is 0 Å². The average molecular weight is 383 g/mol. The molecule has 0 saturated carbocycles.